The number of carbonyl (C=O) groups excluding carboxylic acids is 3. The molecule has 23 heteroatoms. The average molecular weight is 1330 g/mol. The van der Waals surface area contributed by atoms with Crippen LogP contribution in [0, 0.1) is 34.9 Å². The van der Waals surface area contributed by atoms with Crippen LogP contribution in [0.25, 0.3) is 0 Å². The Morgan fingerprint density at radius 2 is 1.09 bits per heavy atom. The molecule has 4 aromatic carbocycles. The van der Waals surface area contributed by atoms with Crippen molar-refractivity contribution in [1.29, 1.82) is 0 Å². The highest BCUT2D eigenvalue weighted by Gasteiger charge is 2.51. The summed E-state index contributed by atoms with van der Waals surface area (Å²) >= 11 is 10.0. The molecule has 0 spiro atoms. The summed E-state index contributed by atoms with van der Waals surface area (Å²) in [5.41, 5.74) is -1.00. The van der Waals surface area contributed by atoms with Gasteiger partial charge in [0.05, 0.1) is 5.54 Å². The molecule has 426 valence electrons. The minimum absolute atomic E-state index is 0.00402. The molecular weight excluding hydrogens is 1270 g/mol. The Bertz CT molecular complexity index is 3320. The smallest absolute Gasteiger partial charge is 0.408 e. The zero-order chi connectivity index (χ0) is 59.2. The summed E-state index contributed by atoms with van der Waals surface area (Å²) in [7, 11) is -2.58. The first-order chi connectivity index (χ1) is 38.0. The number of halogens is 9. The van der Waals surface area contributed by atoms with Gasteiger partial charge in [0.2, 0.25) is 0 Å². The summed E-state index contributed by atoms with van der Waals surface area (Å²) < 4.78 is 110. The van der Waals surface area contributed by atoms with Crippen molar-refractivity contribution in [2.24, 2.45) is 0 Å². The first-order valence-corrected chi connectivity index (χ1v) is 30.1. The number of cyclic esters (lactones) is 2. The molecule has 0 radical (unpaired) electrons. The Hall–Kier alpha value is -6.66. The number of rotatable bonds is 12. The fourth-order valence-electron chi connectivity index (χ4n) is 8.72. The van der Waals surface area contributed by atoms with Gasteiger partial charge in [-0.3, -0.25) is 15.0 Å². The lowest BCUT2D eigenvalue weighted by Crippen LogP contribution is -2.53. The lowest BCUT2D eigenvalue weighted by Gasteiger charge is -2.46. The van der Waals surface area contributed by atoms with Crippen molar-refractivity contribution in [3.63, 3.8) is 0 Å². The second-order valence-corrected chi connectivity index (χ2v) is 28.5. The van der Waals surface area contributed by atoms with E-state index in [1.807, 2.05) is 43.4 Å². The standard InChI is InChI=1S/C28H33BrF2N2O3Si.2C15H11BrF2N2O2/c1-27(2,3)37(5,6)36-25(23-15-22(30)12-13-24(23)31)28(4,20-14-21(29)17-32-16-20)33-26(34)35-18-19-10-8-7-9-11-19;2*1-15(8-4-9(16)7-19-6-8)13(22-14(21)20-15)11-5-10(17)2-3-12(11)18/h7-17,25H,18H2,1-6H3,(H,33,34);2*2-7,13H,1H3,(H,20,21)/t;13-,15+;13-,15-/m.01/s1. The molecule has 3 N–H and O–H groups in total. The third-order valence-electron chi connectivity index (χ3n) is 14.2. The van der Waals surface area contributed by atoms with E-state index in [-0.39, 0.29) is 28.3 Å². The molecule has 7 aromatic rings. The molecule has 13 nitrogen and oxygen atoms in total. The number of amides is 3. The number of carbonyl (C=O) groups is 3. The van der Waals surface area contributed by atoms with Gasteiger partial charge in [-0.25, -0.2) is 40.7 Å². The molecule has 81 heavy (non-hydrogen) atoms. The predicted octanol–water partition coefficient (Wildman–Crippen LogP) is 15.7. The summed E-state index contributed by atoms with van der Waals surface area (Å²) in [4.78, 5) is 48.9. The number of benzene rings is 4. The Morgan fingerprint density at radius 3 is 1.54 bits per heavy atom. The molecular formula is C58H55Br3F6N6O7Si. The van der Waals surface area contributed by atoms with E-state index in [9.17, 15) is 36.3 Å². The molecule has 5 heterocycles. The van der Waals surface area contributed by atoms with Crippen LogP contribution < -0.4 is 16.0 Å². The molecule has 0 saturated carbocycles. The van der Waals surface area contributed by atoms with Crippen molar-refractivity contribution in [3.8, 4) is 0 Å². The van der Waals surface area contributed by atoms with Crippen molar-refractivity contribution < 1.29 is 59.4 Å². The number of ether oxygens (including phenoxy) is 3. The number of nitrogens with one attached hydrogen (secondary N) is 3. The Kier molecular flexibility index (Phi) is 19.3. The lowest BCUT2D eigenvalue weighted by atomic mass is 9.83. The van der Waals surface area contributed by atoms with E-state index < -0.39 is 96.4 Å². The second kappa shape index (κ2) is 25.2. The van der Waals surface area contributed by atoms with Gasteiger partial charge in [-0.05, 0) is 171 Å². The lowest BCUT2D eigenvalue weighted by molar-refractivity contribution is 0.0609. The molecule has 2 aliphatic rings. The third kappa shape index (κ3) is 14.5. The van der Waals surface area contributed by atoms with E-state index >= 15 is 4.39 Å². The third-order valence-corrected chi connectivity index (χ3v) is 19.9. The maximum Gasteiger partial charge on any atom is 0.408 e. The zero-order valence-corrected chi connectivity index (χ0v) is 50.6. The molecule has 9 rings (SSSR count). The first-order valence-electron chi connectivity index (χ1n) is 24.8. The van der Waals surface area contributed by atoms with Crippen LogP contribution in [-0.4, -0.2) is 41.5 Å². The highest BCUT2D eigenvalue weighted by Crippen LogP contribution is 2.48. The summed E-state index contributed by atoms with van der Waals surface area (Å²) in [6.45, 7) is 15.3. The Balaban J connectivity index is 0.000000185. The van der Waals surface area contributed by atoms with E-state index in [1.54, 1.807) is 76.2 Å². The van der Waals surface area contributed by atoms with Crippen LogP contribution in [0.2, 0.25) is 18.1 Å². The molecule has 0 bridgehead atoms. The van der Waals surface area contributed by atoms with Gasteiger partial charge < -0.3 is 34.6 Å². The van der Waals surface area contributed by atoms with Crippen LogP contribution in [0.3, 0.4) is 0 Å². The fraction of sp³-hybridized carbons (Fsp3) is 0.276. The molecule has 2 saturated heterocycles. The Labute approximate surface area is 490 Å². The number of pyridine rings is 3. The maximum atomic E-state index is 15.3. The highest BCUT2D eigenvalue weighted by atomic mass is 79.9. The normalized spacial score (nSPS) is 19.7. The monoisotopic (exact) mass is 1330 g/mol. The summed E-state index contributed by atoms with van der Waals surface area (Å²) in [5, 5.41) is 7.98. The average Bonchev–Trinajstić information content (AvgIpc) is 4.20. The van der Waals surface area contributed by atoms with E-state index in [1.165, 1.54) is 0 Å². The van der Waals surface area contributed by atoms with Gasteiger partial charge in [0.15, 0.2) is 20.5 Å². The van der Waals surface area contributed by atoms with Crippen LogP contribution in [0.5, 0.6) is 0 Å². The predicted molar refractivity (Wildman–Crippen MR) is 302 cm³/mol. The van der Waals surface area contributed by atoms with Crippen LogP contribution in [0.4, 0.5) is 40.7 Å². The van der Waals surface area contributed by atoms with Crippen LogP contribution in [0.1, 0.15) is 98.8 Å². The highest BCUT2D eigenvalue weighted by molar-refractivity contribution is 9.11. The van der Waals surface area contributed by atoms with Crippen molar-refractivity contribution >= 4 is 74.4 Å². The fourth-order valence-corrected chi connectivity index (χ4v) is 11.1. The van der Waals surface area contributed by atoms with Crippen molar-refractivity contribution in [2.45, 2.75) is 101 Å². The van der Waals surface area contributed by atoms with Crippen LogP contribution >= 0.6 is 47.8 Å². The topological polar surface area (TPSA) is 163 Å². The largest absolute Gasteiger partial charge is 0.445 e. The van der Waals surface area contributed by atoms with Gasteiger partial charge >= 0.3 is 18.3 Å². The molecule has 2 aliphatic heterocycles. The first kappa shape index (κ1) is 61.9. The van der Waals surface area contributed by atoms with Crippen molar-refractivity contribution in [1.82, 2.24) is 30.9 Å². The van der Waals surface area contributed by atoms with Gasteiger partial charge in [-0.1, -0.05) is 51.1 Å². The van der Waals surface area contributed by atoms with E-state index in [4.69, 9.17) is 18.6 Å². The minimum atomic E-state index is -2.58. The number of alkyl carbamates (subject to hydrolysis) is 3. The quantitative estimate of drug-likeness (QED) is 0.0610. The van der Waals surface area contributed by atoms with Crippen molar-refractivity contribution in [3.05, 3.63) is 228 Å². The van der Waals surface area contributed by atoms with Crippen molar-refractivity contribution in [2.75, 3.05) is 0 Å². The number of hydrogen-bond donors (Lipinski definition) is 3. The van der Waals surface area contributed by atoms with E-state index in [0.717, 1.165) is 60.2 Å². The van der Waals surface area contributed by atoms with Gasteiger partial charge in [0.1, 0.15) is 58.7 Å². The minimum Gasteiger partial charge on any atom is -0.445 e. The summed E-state index contributed by atoms with van der Waals surface area (Å²) in [6.07, 6.45) is 4.20. The van der Waals surface area contributed by atoms with Gasteiger partial charge in [0.25, 0.3) is 0 Å². The molecule has 0 aliphatic carbocycles. The van der Waals surface area contributed by atoms with E-state index in [2.05, 4.69) is 99.5 Å². The summed E-state index contributed by atoms with van der Waals surface area (Å²) in [5.74, 6) is -3.74. The maximum absolute atomic E-state index is 15.3. The molecule has 2 fully saturated rings. The number of aromatic nitrogens is 3. The Morgan fingerprint density at radius 1 is 0.642 bits per heavy atom. The molecule has 3 aromatic heterocycles. The zero-order valence-electron chi connectivity index (χ0n) is 44.8. The molecule has 3 amide bonds. The van der Waals surface area contributed by atoms with Crippen LogP contribution in [0.15, 0.2) is 154 Å². The molecule has 2 unspecified atom stereocenters. The van der Waals surface area contributed by atoms with E-state index in [0.29, 0.717) is 30.1 Å². The van der Waals surface area contributed by atoms with Gasteiger partial charge in [0, 0.05) is 78.4 Å². The van der Waals surface area contributed by atoms with Gasteiger partial charge in [-0.2, -0.15) is 0 Å². The SMILES string of the molecule is CC(NC(=O)OCc1ccccc1)(c1cncc(Br)c1)C(O[Si](C)(C)C(C)(C)C)c1cc(F)ccc1F.C[C@]1(c2cncc(Br)c2)NC(=O)O[C@@H]1c1cc(F)ccc1F.C[C@]1(c2cncc(Br)c2)NC(=O)O[C@H]1c1cc(F)ccc1F. The summed E-state index contributed by atoms with van der Waals surface area (Å²) in [6, 6.07) is 23.9. The second-order valence-electron chi connectivity index (χ2n) is 21.0. The number of nitrogens with zero attached hydrogens (tertiary/aromatic N) is 3. The van der Waals surface area contributed by atoms with Crippen LogP contribution in [-0.2, 0) is 41.9 Å². The number of hydrogen-bond acceptors (Lipinski definition) is 10. The molecule has 6 atom stereocenters. The van der Waals surface area contributed by atoms with Gasteiger partial charge in [-0.15, -0.1) is 0 Å².